The van der Waals surface area contributed by atoms with Crippen LogP contribution in [0.1, 0.15) is 25.7 Å². The molecule has 1 aromatic carbocycles. The second kappa shape index (κ2) is 7.51. The lowest BCUT2D eigenvalue weighted by Gasteiger charge is -2.35. The molecule has 10 heteroatoms. The van der Waals surface area contributed by atoms with Crippen LogP contribution in [0.5, 0.6) is 0 Å². The minimum atomic E-state index is -3.60. The summed E-state index contributed by atoms with van der Waals surface area (Å²) in [6, 6.07) is 5.65. The first-order valence-electron chi connectivity index (χ1n) is 9.94. The van der Waals surface area contributed by atoms with E-state index in [-0.39, 0.29) is 16.6 Å². The lowest BCUT2D eigenvalue weighted by molar-refractivity contribution is 0.383. The molecule has 0 aliphatic carbocycles. The fraction of sp³-hybridized carbons (Fsp3) is 0.450. The van der Waals surface area contributed by atoms with Crippen molar-refractivity contribution in [3.8, 4) is 0 Å². The Hall–Kier alpha value is -2.72. The number of piperazine rings is 1. The Kier molecular flexibility index (Phi) is 5.15. The van der Waals surface area contributed by atoms with E-state index in [0.29, 0.717) is 42.9 Å². The van der Waals surface area contributed by atoms with Crippen molar-refractivity contribution in [2.45, 2.75) is 31.8 Å². The van der Waals surface area contributed by atoms with Gasteiger partial charge in [0.2, 0.25) is 0 Å². The summed E-state index contributed by atoms with van der Waals surface area (Å²) < 4.78 is 30.6. The molecular weight excluding hydrogens is 404 g/mol. The molecule has 1 fully saturated rings. The maximum Gasteiger partial charge on any atom is 0.262 e. The fourth-order valence-corrected chi connectivity index (χ4v) is 5.11. The van der Waals surface area contributed by atoms with Crippen molar-refractivity contribution < 1.29 is 8.42 Å². The van der Waals surface area contributed by atoms with E-state index in [1.54, 1.807) is 41.7 Å². The average Bonchev–Trinajstić information content (AvgIpc) is 3.07. The molecule has 0 amide bonds. The lowest BCUT2D eigenvalue weighted by Crippen LogP contribution is -2.48. The number of hydrogen-bond donors (Lipinski definition) is 0. The van der Waals surface area contributed by atoms with E-state index in [1.165, 1.54) is 4.31 Å². The number of hydrogen-bond acceptors (Lipinski definition) is 6. The van der Waals surface area contributed by atoms with E-state index in [2.05, 4.69) is 14.9 Å². The molecule has 1 aliphatic rings. The largest absolute Gasteiger partial charge is 0.369 e. The van der Waals surface area contributed by atoms with E-state index >= 15 is 0 Å². The van der Waals surface area contributed by atoms with E-state index in [1.807, 2.05) is 26.0 Å². The summed E-state index contributed by atoms with van der Waals surface area (Å²) in [5, 5.41) is 0.675. The van der Waals surface area contributed by atoms with E-state index in [9.17, 15) is 13.2 Å². The van der Waals surface area contributed by atoms with Crippen molar-refractivity contribution >= 4 is 26.6 Å². The van der Waals surface area contributed by atoms with E-state index < -0.39 is 10.0 Å². The van der Waals surface area contributed by atoms with Gasteiger partial charge < -0.3 is 9.47 Å². The van der Waals surface area contributed by atoms with Gasteiger partial charge in [0, 0.05) is 51.2 Å². The highest BCUT2D eigenvalue weighted by Gasteiger charge is 2.30. The second-order valence-electron chi connectivity index (χ2n) is 7.88. The maximum absolute atomic E-state index is 12.9. The van der Waals surface area contributed by atoms with Crippen molar-refractivity contribution in [2.24, 2.45) is 7.05 Å². The molecule has 160 valence electrons. The van der Waals surface area contributed by atoms with E-state index in [0.717, 1.165) is 5.69 Å². The van der Waals surface area contributed by atoms with Gasteiger partial charge in [-0.3, -0.25) is 9.36 Å². The van der Waals surface area contributed by atoms with Crippen LogP contribution < -0.4 is 10.5 Å². The normalized spacial score (nSPS) is 16.0. The standard InChI is InChI=1S/C20H26N6O3S/c1-14(2)26-13-21-18-11-16(5-6-17(18)20(26)27)24-7-9-25(10-8-24)30(28,29)19-12-23(4)15(3)22-19/h5-6,11-14H,7-10H2,1-4H3. The van der Waals surface area contributed by atoms with Gasteiger partial charge in [-0.25, -0.2) is 18.4 Å². The summed E-state index contributed by atoms with van der Waals surface area (Å²) in [4.78, 5) is 23.3. The van der Waals surface area contributed by atoms with Crippen LogP contribution in [0.25, 0.3) is 10.9 Å². The van der Waals surface area contributed by atoms with Crippen molar-refractivity contribution in [1.82, 2.24) is 23.4 Å². The van der Waals surface area contributed by atoms with Gasteiger partial charge in [-0.15, -0.1) is 0 Å². The second-order valence-corrected chi connectivity index (χ2v) is 9.77. The summed E-state index contributed by atoms with van der Waals surface area (Å²) in [6.45, 7) is 7.53. The SMILES string of the molecule is Cc1nc(S(=O)(=O)N2CCN(c3ccc4c(=O)n(C(C)C)cnc4c3)CC2)cn1C. The molecule has 0 unspecified atom stereocenters. The third-order valence-electron chi connectivity index (χ3n) is 5.62. The molecular formula is C20H26N6O3S. The number of aryl methyl sites for hydroxylation is 2. The highest BCUT2D eigenvalue weighted by atomic mass is 32.2. The summed E-state index contributed by atoms with van der Waals surface area (Å²) in [5.74, 6) is 0.660. The van der Waals surface area contributed by atoms with Gasteiger partial charge in [0.15, 0.2) is 5.03 Å². The molecule has 1 aliphatic heterocycles. The Morgan fingerprint density at radius 1 is 1.10 bits per heavy atom. The number of benzene rings is 1. The third-order valence-corrected chi connectivity index (χ3v) is 7.39. The first-order chi connectivity index (χ1) is 14.2. The predicted molar refractivity (Wildman–Crippen MR) is 115 cm³/mol. The van der Waals surface area contributed by atoms with Crippen LogP contribution in [0.4, 0.5) is 5.69 Å². The molecule has 3 aromatic rings. The van der Waals surface area contributed by atoms with Crippen LogP contribution in [0.2, 0.25) is 0 Å². The molecule has 0 atom stereocenters. The molecule has 30 heavy (non-hydrogen) atoms. The highest BCUT2D eigenvalue weighted by molar-refractivity contribution is 7.89. The Balaban J connectivity index is 1.53. The molecule has 0 saturated carbocycles. The quantitative estimate of drug-likeness (QED) is 0.623. The first-order valence-corrected chi connectivity index (χ1v) is 11.4. The van der Waals surface area contributed by atoms with Crippen LogP contribution in [0.3, 0.4) is 0 Å². The molecule has 0 bridgehead atoms. The molecule has 2 aromatic heterocycles. The lowest BCUT2D eigenvalue weighted by atomic mass is 10.2. The zero-order chi connectivity index (χ0) is 21.6. The van der Waals surface area contributed by atoms with Crippen molar-refractivity contribution in [2.75, 3.05) is 31.1 Å². The monoisotopic (exact) mass is 430 g/mol. The maximum atomic E-state index is 12.9. The minimum absolute atomic E-state index is 0.0481. The van der Waals surface area contributed by atoms with Gasteiger partial charge in [-0.1, -0.05) is 0 Å². The number of rotatable bonds is 4. The Morgan fingerprint density at radius 3 is 2.40 bits per heavy atom. The van der Waals surface area contributed by atoms with Gasteiger partial charge >= 0.3 is 0 Å². The first kappa shape index (κ1) is 20.5. The fourth-order valence-electron chi connectivity index (χ4n) is 3.66. The zero-order valence-electron chi connectivity index (χ0n) is 17.6. The van der Waals surface area contributed by atoms with Gasteiger partial charge in [0.05, 0.1) is 17.2 Å². The Morgan fingerprint density at radius 2 is 1.80 bits per heavy atom. The topological polar surface area (TPSA) is 93.3 Å². The minimum Gasteiger partial charge on any atom is -0.369 e. The molecule has 9 nitrogen and oxygen atoms in total. The summed E-state index contributed by atoms with van der Waals surface area (Å²) in [6.07, 6.45) is 3.13. The van der Waals surface area contributed by atoms with Gasteiger partial charge in [-0.2, -0.15) is 4.31 Å². The van der Waals surface area contributed by atoms with Gasteiger partial charge in [0.1, 0.15) is 5.82 Å². The van der Waals surface area contributed by atoms with Crippen LogP contribution in [0.15, 0.2) is 40.5 Å². The molecule has 0 N–H and O–H groups in total. The molecule has 1 saturated heterocycles. The zero-order valence-corrected chi connectivity index (χ0v) is 18.4. The Labute approximate surface area is 175 Å². The van der Waals surface area contributed by atoms with Crippen molar-refractivity contribution in [3.63, 3.8) is 0 Å². The van der Waals surface area contributed by atoms with E-state index in [4.69, 9.17) is 0 Å². The predicted octanol–water partition coefficient (Wildman–Crippen LogP) is 1.53. The van der Waals surface area contributed by atoms with Gasteiger partial charge in [-0.05, 0) is 39.0 Å². The van der Waals surface area contributed by atoms with Crippen LogP contribution in [0, 0.1) is 6.92 Å². The van der Waals surface area contributed by atoms with Crippen molar-refractivity contribution in [1.29, 1.82) is 0 Å². The number of sulfonamides is 1. The van der Waals surface area contributed by atoms with Crippen LogP contribution in [-0.4, -0.2) is 58.0 Å². The molecule has 0 spiro atoms. The summed E-state index contributed by atoms with van der Waals surface area (Å²) in [5.41, 5.74) is 1.53. The molecule has 4 rings (SSSR count). The Bertz CT molecular complexity index is 1230. The third kappa shape index (κ3) is 3.50. The van der Waals surface area contributed by atoms with Crippen LogP contribution in [-0.2, 0) is 17.1 Å². The number of nitrogens with zero attached hydrogens (tertiary/aromatic N) is 6. The number of anilines is 1. The molecule has 0 radical (unpaired) electrons. The number of imidazole rings is 1. The highest BCUT2D eigenvalue weighted by Crippen LogP contribution is 2.23. The summed E-state index contributed by atoms with van der Waals surface area (Å²) >= 11 is 0. The smallest absolute Gasteiger partial charge is 0.262 e. The average molecular weight is 431 g/mol. The van der Waals surface area contributed by atoms with Crippen molar-refractivity contribution in [3.05, 3.63) is 46.9 Å². The molecule has 3 heterocycles. The summed E-state index contributed by atoms with van der Waals surface area (Å²) in [7, 11) is -1.82. The van der Waals surface area contributed by atoms with Crippen LogP contribution >= 0.6 is 0 Å². The number of fused-ring (bicyclic) bond motifs is 1. The van der Waals surface area contributed by atoms with Gasteiger partial charge in [0.25, 0.3) is 15.6 Å². The number of aromatic nitrogens is 4.